The standard InChI is InChI=1S/C21H22O3/c1-14-16(10-7-11-17(14)15-8-5-4-6-9-15)13-24-20(23)19-18(12-22)21(19,2)3/h4-12,18-19H,13H2,1-3H3. The zero-order valence-corrected chi connectivity index (χ0v) is 14.3. The van der Waals surface area contributed by atoms with E-state index < -0.39 is 0 Å². The SMILES string of the molecule is Cc1c(COC(=O)C2C(C=O)C2(C)C)cccc1-c1ccccc1. The predicted molar refractivity (Wildman–Crippen MR) is 93.2 cm³/mol. The van der Waals surface area contributed by atoms with Crippen LogP contribution in [0.1, 0.15) is 25.0 Å². The first-order valence-electron chi connectivity index (χ1n) is 8.22. The van der Waals surface area contributed by atoms with Gasteiger partial charge in [-0.3, -0.25) is 4.79 Å². The molecule has 0 N–H and O–H groups in total. The van der Waals surface area contributed by atoms with Crippen LogP contribution in [0.5, 0.6) is 0 Å². The van der Waals surface area contributed by atoms with Crippen LogP contribution < -0.4 is 0 Å². The molecule has 0 spiro atoms. The lowest BCUT2D eigenvalue weighted by atomic mass is 9.97. The number of ether oxygens (including phenoxy) is 1. The maximum atomic E-state index is 12.2. The average molecular weight is 322 g/mol. The summed E-state index contributed by atoms with van der Waals surface area (Å²) in [7, 11) is 0. The Hall–Kier alpha value is -2.42. The van der Waals surface area contributed by atoms with Gasteiger partial charge in [-0.05, 0) is 34.6 Å². The molecule has 0 aromatic heterocycles. The third-order valence-electron chi connectivity index (χ3n) is 5.21. The van der Waals surface area contributed by atoms with E-state index in [0.29, 0.717) is 0 Å². The summed E-state index contributed by atoms with van der Waals surface area (Å²) in [6.45, 7) is 6.14. The van der Waals surface area contributed by atoms with Crippen LogP contribution in [0.15, 0.2) is 48.5 Å². The Labute approximate surface area is 142 Å². The summed E-state index contributed by atoms with van der Waals surface area (Å²) in [5.41, 5.74) is 4.11. The molecule has 2 aromatic carbocycles. The second-order valence-electron chi connectivity index (χ2n) is 7.02. The molecule has 0 radical (unpaired) electrons. The Morgan fingerprint density at radius 1 is 1.12 bits per heavy atom. The molecule has 3 rings (SSSR count). The number of rotatable bonds is 5. The number of hydrogen-bond donors (Lipinski definition) is 0. The Balaban J connectivity index is 1.73. The van der Waals surface area contributed by atoms with Crippen LogP contribution in [0.2, 0.25) is 0 Å². The normalized spacial score (nSPS) is 21.1. The van der Waals surface area contributed by atoms with Crippen molar-refractivity contribution in [3.8, 4) is 11.1 Å². The fraction of sp³-hybridized carbons (Fsp3) is 0.333. The van der Waals surface area contributed by atoms with Crippen LogP contribution in [0, 0.1) is 24.2 Å². The number of hydrogen-bond acceptors (Lipinski definition) is 3. The Bertz CT molecular complexity index is 762. The molecule has 0 bridgehead atoms. The lowest BCUT2D eigenvalue weighted by Crippen LogP contribution is -2.11. The molecular formula is C21H22O3. The van der Waals surface area contributed by atoms with Crippen molar-refractivity contribution in [1.29, 1.82) is 0 Å². The van der Waals surface area contributed by atoms with Crippen LogP contribution >= 0.6 is 0 Å². The minimum absolute atomic E-state index is 0.221. The van der Waals surface area contributed by atoms with E-state index in [1.807, 2.05) is 51.1 Å². The molecule has 0 heterocycles. The first-order chi connectivity index (χ1) is 11.5. The van der Waals surface area contributed by atoms with Crippen molar-refractivity contribution >= 4 is 12.3 Å². The van der Waals surface area contributed by atoms with Crippen molar-refractivity contribution in [1.82, 2.24) is 0 Å². The van der Waals surface area contributed by atoms with Gasteiger partial charge in [-0.1, -0.05) is 62.4 Å². The molecule has 2 aromatic rings. The number of esters is 1. The highest BCUT2D eigenvalue weighted by atomic mass is 16.5. The van der Waals surface area contributed by atoms with Gasteiger partial charge in [0, 0.05) is 5.92 Å². The van der Waals surface area contributed by atoms with E-state index in [1.54, 1.807) is 0 Å². The lowest BCUT2D eigenvalue weighted by Gasteiger charge is -2.12. The van der Waals surface area contributed by atoms with Gasteiger partial charge in [0.05, 0.1) is 5.92 Å². The lowest BCUT2D eigenvalue weighted by molar-refractivity contribution is -0.148. The molecule has 2 atom stereocenters. The molecule has 0 amide bonds. The zero-order valence-electron chi connectivity index (χ0n) is 14.3. The number of carbonyl (C=O) groups is 2. The summed E-state index contributed by atoms with van der Waals surface area (Å²) >= 11 is 0. The second-order valence-corrected chi connectivity index (χ2v) is 7.02. The average Bonchev–Trinajstić information content (AvgIpc) is 3.15. The minimum atomic E-state index is -0.312. The van der Waals surface area contributed by atoms with Crippen molar-refractivity contribution in [2.24, 2.45) is 17.3 Å². The summed E-state index contributed by atoms with van der Waals surface area (Å²) in [5, 5.41) is 0. The van der Waals surface area contributed by atoms with Gasteiger partial charge in [-0.2, -0.15) is 0 Å². The van der Waals surface area contributed by atoms with E-state index in [1.165, 1.54) is 0 Å². The van der Waals surface area contributed by atoms with Gasteiger partial charge in [0.2, 0.25) is 0 Å². The van der Waals surface area contributed by atoms with Crippen molar-refractivity contribution < 1.29 is 14.3 Å². The number of benzene rings is 2. The van der Waals surface area contributed by atoms with Gasteiger partial charge in [0.25, 0.3) is 0 Å². The fourth-order valence-electron chi connectivity index (χ4n) is 3.39. The maximum absolute atomic E-state index is 12.2. The summed E-state index contributed by atoms with van der Waals surface area (Å²) in [6.07, 6.45) is 0.868. The molecule has 0 aliphatic heterocycles. The first kappa shape index (κ1) is 16.4. The van der Waals surface area contributed by atoms with Crippen molar-refractivity contribution in [2.45, 2.75) is 27.4 Å². The molecule has 2 unspecified atom stereocenters. The fourth-order valence-corrected chi connectivity index (χ4v) is 3.39. The maximum Gasteiger partial charge on any atom is 0.310 e. The highest BCUT2D eigenvalue weighted by Gasteiger charge is 2.62. The summed E-state index contributed by atoms with van der Waals surface area (Å²) in [4.78, 5) is 23.3. The van der Waals surface area contributed by atoms with E-state index in [4.69, 9.17) is 4.74 Å². The summed E-state index contributed by atoms with van der Waals surface area (Å²) in [5.74, 6) is -0.809. The second kappa shape index (κ2) is 6.23. The van der Waals surface area contributed by atoms with E-state index in [-0.39, 0.29) is 29.8 Å². The Kier molecular flexibility index (Phi) is 4.27. The smallest absolute Gasteiger partial charge is 0.310 e. The van der Waals surface area contributed by atoms with E-state index in [0.717, 1.165) is 28.5 Å². The van der Waals surface area contributed by atoms with Gasteiger partial charge in [-0.15, -0.1) is 0 Å². The molecule has 3 nitrogen and oxygen atoms in total. The molecule has 1 fully saturated rings. The first-order valence-corrected chi connectivity index (χ1v) is 8.22. The summed E-state index contributed by atoms with van der Waals surface area (Å²) in [6, 6.07) is 16.2. The van der Waals surface area contributed by atoms with Crippen molar-refractivity contribution in [2.75, 3.05) is 0 Å². The number of aldehydes is 1. The van der Waals surface area contributed by atoms with Gasteiger partial charge in [0.15, 0.2) is 0 Å². The minimum Gasteiger partial charge on any atom is -0.461 e. The molecule has 124 valence electrons. The van der Waals surface area contributed by atoms with Crippen LogP contribution in [0.3, 0.4) is 0 Å². The van der Waals surface area contributed by atoms with E-state index in [2.05, 4.69) is 18.2 Å². The largest absolute Gasteiger partial charge is 0.461 e. The Morgan fingerprint density at radius 2 is 1.83 bits per heavy atom. The van der Waals surface area contributed by atoms with Gasteiger partial charge in [-0.25, -0.2) is 0 Å². The highest BCUT2D eigenvalue weighted by Crippen LogP contribution is 2.57. The van der Waals surface area contributed by atoms with E-state index in [9.17, 15) is 9.59 Å². The van der Waals surface area contributed by atoms with E-state index >= 15 is 0 Å². The zero-order chi connectivity index (χ0) is 17.3. The molecule has 1 saturated carbocycles. The highest BCUT2D eigenvalue weighted by molar-refractivity contribution is 5.84. The molecule has 0 saturated heterocycles. The monoisotopic (exact) mass is 322 g/mol. The van der Waals surface area contributed by atoms with Gasteiger partial charge in [0.1, 0.15) is 12.9 Å². The van der Waals surface area contributed by atoms with Crippen LogP contribution in [-0.4, -0.2) is 12.3 Å². The molecule has 1 aliphatic carbocycles. The van der Waals surface area contributed by atoms with Gasteiger partial charge < -0.3 is 9.53 Å². The van der Waals surface area contributed by atoms with Crippen LogP contribution in [-0.2, 0) is 20.9 Å². The van der Waals surface area contributed by atoms with Crippen LogP contribution in [0.25, 0.3) is 11.1 Å². The molecular weight excluding hydrogens is 300 g/mol. The van der Waals surface area contributed by atoms with Crippen molar-refractivity contribution in [3.63, 3.8) is 0 Å². The topological polar surface area (TPSA) is 43.4 Å². The number of carbonyl (C=O) groups excluding carboxylic acids is 2. The van der Waals surface area contributed by atoms with Crippen LogP contribution in [0.4, 0.5) is 0 Å². The predicted octanol–water partition coefficient (Wildman–Crippen LogP) is 4.18. The quantitative estimate of drug-likeness (QED) is 0.613. The molecule has 1 aliphatic rings. The van der Waals surface area contributed by atoms with Gasteiger partial charge >= 0.3 is 5.97 Å². The summed E-state index contributed by atoms with van der Waals surface area (Å²) < 4.78 is 5.49. The van der Waals surface area contributed by atoms with Crippen molar-refractivity contribution in [3.05, 3.63) is 59.7 Å². The molecule has 3 heteroatoms. The Morgan fingerprint density at radius 3 is 2.46 bits per heavy atom. The third-order valence-corrected chi connectivity index (χ3v) is 5.21. The third kappa shape index (κ3) is 2.86. The molecule has 24 heavy (non-hydrogen) atoms.